The second kappa shape index (κ2) is 6.00. The average Bonchev–Trinajstić information content (AvgIpc) is 2.53. The van der Waals surface area contributed by atoms with Gasteiger partial charge in [0.05, 0.1) is 11.1 Å². The van der Waals surface area contributed by atoms with Gasteiger partial charge in [0.15, 0.2) is 0 Å². The zero-order valence-corrected chi connectivity index (χ0v) is 12.4. The Balaban J connectivity index is 1.91. The lowest BCUT2D eigenvalue weighted by atomic mass is 9.97. The molecule has 0 aliphatic carbocycles. The van der Waals surface area contributed by atoms with E-state index in [1.165, 1.54) is 0 Å². The van der Waals surface area contributed by atoms with E-state index in [9.17, 15) is 9.90 Å². The first kappa shape index (κ1) is 14.3. The molecular formula is C16H17ClN2O2. The van der Waals surface area contributed by atoms with Crippen LogP contribution in [-0.4, -0.2) is 40.6 Å². The number of hydrogen-bond acceptors (Lipinski definition) is 3. The fourth-order valence-electron chi connectivity index (χ4n) is 2.81. The minimum atomic E-state index is -0.0300. The Kier molecular flexibility index (Phi) is 4.08. The predicted molar refractivity (Wildman–Crippen MR) is 82.5 cm³/mol. The van der Waals surface area contributed by atoms with Gasteiger partial charge in [0.25, 0.3) is 5.91 Å². The third-order valence-corrected chi connectivity index (χ3v) is 4.28. The molecule has 2 heterocycles. The minimum absolute atomic E-state index is 0.0300. The smallest absolute Gasteiger partial charge is 0.256 e. The second-order valence-electron chi connectivity index (χ2n) is 5.45. The van der Waals surface area contributed by atoms with Crippen molar-refractivity contribution in [1.29, 1.82) is 0 Å². The highest BCUT2D eigenvalue weighted by Crippen LogP contribution is 2.25. The number of hydrogen-bond donors (Lipinski definition) is 1. The lowest BCUT2D eigenvalue weighted by Crippen LogP contribution is -2.39. The maximum absolute atomic E-state index is 12.7. The largest absolute Gasteiger partial charge is 0.396 e. The topological polar surface area (TPSA) is 53.4 Å². The highest BCUT2D eigenvalue weighted by atomic mass is 35.5. The number of nitrogens with zero attached hydrogens (tertiary/aromatic N) is 2. The van der Waals surface area contributed by atoms with Gasteiger partial charge in [0, 0.05) is 36.3 Å². The number of amides is 1. The molecule has 1 aromatic carbocycles. The Morgan fingerprint density at radius 1 is 1.38 bits per heavy atom. The van der Waals surface area contributed by atoms with Gasteiger partial charge in [-0.3, -0.25) is 9.78 Å². The van der Waals surface area contributed by atoms with Crippen molar-refractivity contribution in [3.63, 3.8) is 0 Å². The van der Waals surface area contributed by atoms with E-state index in [4.69, 9.17) is 11.6 Å². The van der Waals surface area contributed by atoms with Crippen molar-refractivity contribution in [2.24, 2.45) is 5.92 Å². The van der Waals surface area contributed by atoms with E-state index in [0.717, 1.165) is 18.2 Å². The summed E-state index contributed by atoms with van der Waals surface area (Å²) in [6.45, 7) is 1.54. The van der Waals surface area contributed by atoms with Crippen LogP contribution >= 0.6 is 11.6 Å². The fourth-order valence-corrected chi connectivity index (χ4v) is 3.03. The van der Waals surface area contributed by atoms with Gasteiger partial charge in [-0.05, 0) is 37.0 Å². The van der Waals surface area contributed by atoms with Crippen molar-refractivity contribution in [2.75, 3.05) is 19.7 Å². The van der Waals surface area contributed by atoms with E-state index in [1.54, 1.807) is 12.3 Å². The number of carbonyl (C=O) groups excluding carboxylic acids is 1. The second-order valence-corrected chi connectivity index (χ2v) is 5.88. The number of fused-ring (bicyclic) bond motifs is 1. The zero-order valence-electron chi connectivity index (χ0n) is 11.6. The van der Waals surface area contributed by atoms with Crippen LogP contribution in [0.2, 0.25) is 5.02 Å². The molecule has 1 fully saturated rings. The van der Waals surface area contributed by atoms with Crippen molar-refractivity contribution >= 4 is 28.4 Å². The molecule has 21 heavy (non-hydrogen) atoms. The first-order valence-corrected chi connectivity index (χ1v) is 7.51. The van der Waals surface area contributed by atoms with Crippen molar-refractivity contribution in [3.05, 3.63) is 41.0 Å². The van der Waals surface area contributed by atoms with E-state index in [0.29, 0.717) is 35.1 Å². The van der Waals surface area contributed by atoms with E-state index in [1.807, 2.05) is 23.1 Å². The molecule has 3 rings (SSSR count). The molecule has 0 atom stereocenters. The van der Waals surface area contributed by atoms with E-state index < -0.39 is 0 Å². The van der Waals surface area contributed by atoms with Gasteiger partial charge in [-0.15, -0.1) is 0 Å². The Labute approximate surface area is 128 Å². The zero-order chi connectivity index (χ0) is 14.8. The van der Waals surface area contributed by atoms with Crippen LogP contribution in [0, 0.1) is 5.92 Å². The number of aliphatic hydroxyl groups excluding tert-OH is 1. The van der Waals surface area contributed by atoms with Crippen LogP contribution in [0.15, 0.2) is 30.5 Å². The molecule has 1 aromatic heterocycles. The number of aromatic nitrogens is 1. The van der Waals surface area contributed by atoms with Gasteiger partial charge in [-0.1, -0.05) is 17.7 Å². The molecule has 4 nitrogen and oxygen atoms in total. The summed E-state index contributed by atoms with van der Waals surface area (Å²) in [6, 6.07) is 7.25. The van der Waals surface area contributed by atoms with Crippen molar-refractivity contribution in [2.45, 2.75) is 12.8 Å². The number of piperidine rings is 1. The molecule has 0 spiro atoms. The number of aliphatic hydroxyl groups is 1. The number of rotatable bonds is 2. The third-order valence-electron chi connectivity index (χ3n) is 4.06. The van der Waals surface area contributed by atoms with Gasteiger partial charge in [-0.2, -0.15) is 0 Å². The molecule has 1 saturated heterocycles. The molecule has 1 N–H and O–H groups in total. The number of pyridine rings is 1. The summed E-state index contributed by atoms with van der Waals surface area (Å²) in [5.41, 5.74) is 1.25. The summed E-state index contributed by atoms with van der Waals surface area (Å²) in [6.07, 6.45) is 3.37. The van der Waals surface area contributed by atoms with E-state index in [-0.39, 0.29) is 12.5 Å². The summed E-state index contributed by atoms with van der Waals surface area (Å²) in [4.78, 5) is 18.9. The van der Waals surface area contributed by atoms with Gasteiger partial charge in [-0.25, -0.2) is 0 Å². The number of carbonyl (C=O) groups is 1. The lowest BCUT2D eigenvalue weighted by molar-refractivity contribution is 0.0652. The number of halogens is 1. The van der Waals surface area contributed by atoms with Gasteiger partial charge in [0.2, 0.25) is 0 Å². The molecule has 2 aromatic rings. The molecule has 0 radical (unpaired) electrons. The molecule has 0 saturated carbocycles. The van der Waals surface area contributed by atoms with Gasteiger partial charge < -0.3 is 10.0 Å². The molecule has 1 amide bonds. The minimum Gasteiger partial charge on any atom is -0.396 e. The molecular weight excluding hydrogens is 288 g/mol. The third kappa shape index (κ3) is 2.87. The summed E-state index contributed by atoms with van der Waals surface area (Å²) < 4.78 is 0. The van der Waals surface area contributed by atoms with Crippen LogP contribution in [0.25, 0.3) is 10.9 Å². The van der Waals surface area contributed by atoms with Crippen molar-refractivity contribution in [3.8, 4) is 0 Å². The highest BCUT2D eigenvalue weighted by molar-refractivity contribution is 6.32. The maximum atomic E-state index is 12.7. The monoisotopic (exact) mass is 304 g/mol. The van der Waals surface area contributed by atoms with Gasteiger partial charge >= 0.3 is 0 Å². The van der Waals surface area contributed by atoms with Crippen LogP contribution < -0.4 is 0 Å². The molecule has 0 unspecified atom stereocenters. The molecule has 0 bridgehead atoms. The quantitative estimate of drug-likeness (QED) is 0.928. The molecule has 1 aliphatic heterocycles. The van der Waals surface area contributed by atoms with Crippen LogP contribution in [-0.2, 0) is 0 Å². The fraction of sp³-hybridized carbons (Fsp3) is 0.375. The maximum Gasteiger partial charge on any atom is 0.256 e. The first-order valence-electron chi connectivity index (χ1n) is 7.13. The van der Waals surface area contributed by atoms with Crippen molar-refractivity contribution < 1.29 is 9.90 Å². The Morgan fingerprint density at radius 2 is 2.14 bits per heavy atom. The Hall–Kier alpha value is -1.65. The van der Waals surface area contributed by atoms with E-state index in [2.05, 4.69) is 4.98 Å². The van der Waals surface area contributed by atoms with Crippen LogP contribution in [0.4, 0.5) is 0 Å². The van der Waals surface area contributed by atoms with E-state index >= 15 is 0 Å². The normalized spacial score (nSPS) is 16.4. The van der Waals surface area contributed by atoms with Crippen LogP contribution in [0.1, 0.15) is 23.2 Å². The average molecular weight is 305 g/mol. The van der Waals surface area contributed by atoms with Crippen LogP contribution in [0.3, 0.4) is 0 Å². The lowest BCUT2D eigenvalue weighted by Gasteiger charge is -2.31. The first-order chi connectivity index (χ1) is 10.2. The predicted octanol–water partition coefficient (Wildman–Crippen LogP) is 2.73. The van der Waals surface area contributed by atoms with Gasteiger partial charge in [0.1, 0.15) is 0 Å². The molecule has 5 heteroatoms. The summed E-state index contributed by atoms with van der Waals surface area (Å²) in [5, 5.41) is 10.6. The summed E-state index contributed by atoms with van der Waals surface area (Å²) in [5.74, 6) is 0.279. The summed E-state index contributed by atoms with van der Waals surface area (Å²) in [7, 11) is 0. The summed E-state index contributed by atoms with van der Waals surface area (Å²) >= 11 is 6.12. The standard InChI is InChI=1S/C16H17ClN2O2/c17-13-8-12-2-1-5-18-15(12)14(9-13)16(21)19-6-3-11(10-20)4-7-19/h1-2,5,8-9,11,20H,3-4,6-7,10H2. The number of benzene rings is 1. The SMILES string of the molecule is O=C(c1cc(Cl)cc2cccnc12)N1CCC(CO)CC1. The van der Waals surface area contributed by atoms with Crippen molar-refractivity contribution in [1.82, 2.24) is 9.88 Å². The Bertz CT molecular complexity index is 666. The molecule has 1 aliphatic rings. The highest BCUT2D eigenvalue weighted by Gasteiger charge is 2.24. The Morgan fingerprint density at radius 3 is 2.86 bits per heavy atom. The number of likely N-dealkylation sites (tertiary alicyclic amines) is 1. The van der Waals surface area contributed by atoms with Crippen LogP contribution in [0.5, 0.6) is 0 Å². The molecule has 110 valence electrons.